The number of piperidine rings is 1. The molecule has 2 aliphatic rings. The molecule has 0 radical (unpaired) electrons. The highest BCUT2D eigenvalue weighted by Crippen LogP contribution is 2.24. The molecular weight excluding hydrogens is 444 g/mol. The lowest BCUT2D eigenvalue weighted by Gasteiger charge is -2.26. The fourth-order valence-corrected chi connectivity index (χ4v) is 5.70. The molecule has 176 valence electrons. The van der Waals surface area contributed by atoms with Crippen molar-refractivity contribution < 1.29 is 22.7 Å². The third-order valence-corrected chi connectivity index (χ3v) is 7.71. The number of benzene rings is 1. The maximum absolute atomic E-state index is 12.9. The van der Waals surface area contributed by atoms with Crippen LogP contribution in [-0.4, -0.2) is 62.4 Å². The van der Waals surface area contributed by atoms with Crippen LogP contribution in [0.3, 0.4) is 0 Å². The predicted molar refractivity (Wildman–Crippen MR) is 124 cm³/mol. The Labute approximate surface area is 193 Å². The van der Waals surface area contributed by atoms with Gasteiger partial charge in [-0.3, -0.25) is 4.79 Å². The number of pyridine rings is 1. The van der Waals surface area contributed by atoms with Crippen LogP contribution < -0.4 is 10.2 Å². The Balaban J connectivity index is 1.37. The average Bonchev–Trinajstić information content (AvgIpc) is 3.38. The molecule has 2 aromatic rings. The van der Waals surface area contributed by atoms with Crippen LogP contribution in [-0.2, 0) is 19.6 Å². The fourth-order valence-electron chi connectivity index (χ4n) is 4.13. The molecule has 0 bridgehead atoms. The first-order valence-electron chi connectivity index (χ1n) is 11.2. The molecule has 2 saturated heterocycles. The number of hydrogen-bond donors (Lipinski definition) is 1. The number of anilines is 2. The molecule has 0 atom stereocenters. The average molecular weight is 473 g/mol. The van der Waals surface area contributed by atoms with Crippen LogP contribution in [0.2, 0.25) is 0 Å². The molecule has 4 rings (SSSR count). The van der Waals surface area contributed by atoms with E-state index in [-0.39, 0.29) is 4.90 Å². The number of aromatic nitrogens is 1. The van der Waals surface area contributed by atoms with E-state index in [0.717, 1.165) is 45.2 Å². The Morgan fingerprint density at radius 3 is 2.45 bits per heavy atom. The van der Waals surface area contributed by atoms with Gasteiger partial charge in [0.1, 0.15) is 11.4 Å². The summed E-state index contributed by atoms with van der Waals surface area (Å²) in [5.74, 6) is -0.611. The monoisotopic (exact) mass is 472 g/mol. The third kappa shape index (κ3) is 5.51. The van der Waals surface area contributed by atoms with E-state index in [1.165, 1.54) is 16.4 Å². The van der Waals surface area contributed by atoms with E-state index in [4.69, 9.17) is 4.74 Å². The topological polar surface area (TPSA) is 109 Å². The minimum Gasteiger partial charge on any atom is -0.452 e. The van der Waals surface area contributed by atoms with Crippen molar-refractivity contribution in [2.45, 2.75) is 37.0 Å². The Morgan fingerprint density at radius 1 is 0.970 bits per heavy atom. The molecule has 1 aromatic heterocycles. The smallest absolute Gasteiger partial charge is 0.342 e. The highest BCUT2D eigenvalue weighted by Gasteiger charge is 2.26. The van der Waals surface area contributed by atoms with E-state index in [0.29, 0.717) is 30.2 Å². The van der Waals surface area contributed by atoms with Gasteiger partial charge < -0.3 is 15.0 Å². The summed E-state index contributed by atoms with van der Waals surface area (Å²) in [6.45, 7) is 2.17. The summed E-state index contributed by atoms with van der Waals surface area (Å²) < 4.78 is 32.4. The number of rotatable bonds is 7. The van der Waals surface area contributed by atoms with Gasteiger partial charge in [-0.25, -0.2) is 18.2 Å². The van der Waals surface area contributed by atoms with Crippen LogP contribution in [0.5, 0.6) is 0 Å². The van der Waals surface area contributed by atoms with Gasteiger partial charge in [-0.15, -0.1) is 0 Å². The number of nitrogens with zero attached hydrogens (tertiary/aromatic N) is 3. The van der Waals surface area contributed by atoms with Gasteiger partial charge in [-0.05, 0) is 56.0 Å². The lowest BCUT2D eigenvalue weighted by atomic mass is 10.2. The van der Waals surface area contributed by atoms with Crippen molar-refractivity contribution >= 4 is 33.4 Å². The van der Waals surface area contributed by atoms with Crippen LogP contribution in [0, 0.1) is 0 Å². The summed E-state index contributed by atoms with van der Waals surface area (Å²) in [6, 6.07) is 9.41. The zero-order chi connectivity index (χ0) is 23.3. The van der Waals surface area contributed by atoms with Crippen molar-refractivity contribution in [1.29, 1.82) is 0 Å². The van der Waals surface area contributed by atoms with Crippen molar-refractivity contribution in [2.24, 2.45) is 0 Å². The zero-order valence-electron chi connectivity index (χ0n) is 18.4. The first-order valence-corrected chi connectivity index (χ1v) is 12.7. The van der Waals surface area contributed by atoms with Crippen molar-refractivity contribution in [2.75, 3.05) is 43.0 Å². The maximum Gasteiger partial charge on any atom is 0.342 e. The Morgan fingerprint density at radius 2 is 1.70 bits per heavy atom. The molecule has 2 fully saturated rings. The largest absolute Gasteiger partial charge is 0.452 e. The van der Waals surface area contributed by atoms with Crippen molar-refractivity contribution in [3.05, 3.63) is 48.2 Å². The van der Waals surface area contributed by atoms with E-state index in [1.807, 2.05) is 4.90 Å². The summed E-state index contributed by atoms with van der Waals surface area (Å²) in [4.78, 5) is 31.4. The van der Waals surface area contributed by atoms with Gasteiger partial charge in [0.25, 0.3) is 5.91 Å². The molecule has 9 nitrogen and oxygen atoms in total. The second-order valence-corrected chi connectivity index (χ2v) is 10.1. The number of carbonyl (C=O) groups is 2. The summed E-state index contributed by atoms with van der Waals surface area (Å²) >= 11 is 0. The molecule has 1 aromatic carbocycles. The first kappa shape index (κ1) is 23.2. The van der Waals surface area contributed by atoms with E-state index in [2.05, 4.69) is 10.3 Å². The van der Waals surface area contributed by atoms with Gasteiger partial charge in [0.15, 0.2) is 6.61 Å². The number of hydrogen-bond acceptors (Lipinski definition) is 7. The molecule has 0 aliphatic carbocycles. The van der Waals surface area contributed by atoms with Gasteiger partial charge in [-0.1, -0.05) is 12.5 Å². The number of carbonyl (C=O) groups excluding carboxylic acids is 2. The van der Waals surface area contributed by atoms with Crippen LogP contribution in [0.1, 0.15) is 42.5 Å². The lowest BCUT2D eigenvalue weighted by molar-refractivity contribution is -0.119. The maximum atomic E-state index is 12.9. The fraction of sp³-hybridized carbons (Fsp3) is 0.435. The number of nitrogens with one attached hydrogen (secondary N) is 1. The van der Waals surface area contributed by atoms with Gasteiger partial charge in [0.05, 0.1) is 4.90 Å². The van der Waals surface area contributed by atoms with Gasteiger partial charge in [0.2, 0.25) is 10.0 Å². The normalized spacial score (nSPS) is 17.0. The summed E-state index contributed by atoms with van der Waals surface area (Å²) in [6.07, 6.45) is 6.43. The Kier molecular flexibility index (Phi) is 7.24. The van der Waals surface area contributed by atoms with Gasteiger partial charge >= 0.3 is 5.97 Å². The highest BCUT2D eigenvalue weighted by molar-refractivity contribution is 7.89. The van der Waals surface area contributed by atoms with E-state index < -0.39 is 28.5 Å². The summed E-state index contributed by atoms with van der Waals surface area (Å²) in [5.41, 5.74) is 0.648. The second kappa shape index (κ2) is 10.3. The SMILES string of the molecule is O=C(COC(=O)c1cccnc1N1CCCC1)Nc1cccc(S(=O)(=O)N2CCCCC2)c1. The van der Waals surface area contributed by atoms with Crippen molar-refractivity contribution in [3.63, 3.8) is 0 Å². The summed E-state index contributed by atoms with van der Waals surface area (Å²) in [7, 11) is -3.61. The van der Waals surface area contributed by atoms with Crippen LogP contribution in [0.15, 0.2) is 47.5 Å². The quantitative estimate of drug-likeness (QED) is 0.617. The Hall–Kier alpha value is -2.98. The molecule has 0 saturated carbocycles. The molecule has 2 aliphatic heterocycles. The zero-order valence-corrected chi connectivity index (χ0v) is 19.2. The Bertz CT molecular complexity index is 1110. The second-order valence-electron chi connectivity index (χ2n) is 8.19. The molecule has 1 N–H and O–H groups in total. The van der Waals surface area contributed by atoms with Crippen LogP contribution in [0.25, 0.3) is 0 Å². The number of ether oxygens (including phenoxy) is 1. The van der Waals surface area contributed by atoms with Crippen LogP contribution in [0.4, 0.5) is 11.5 Å². The number of amides is 1. The molecule has 3 heterocycles. The van der Waals surface area contributed by atoms with E-state index in [1.54, 1.807) is 30.5 Å². The minimum atomic E-state index is -3.61. The lowest BCUT2D eigenvalue weighted by Crippen LogP contribution is -2.35. The van der Waals surface area contributed by atoms with Gasteiger partial charge in [0, 0.05) is 38.1 Å². The summed E-state index contributed by atoms with van der Waals surface area (Å²) in [5, 5.41) is 2.61. The van der Waals surface area contributed by atoms with Crippen molar-refractivity contribution in [3.8, 4) is 0 Å². The van der Waals surface area contributed by atoms with Gasteiger partial charge in [-0.2, -0.15) is 4.31 Å². The van der Waals surface area contributed by atoms with Crippen molar-refractivity contribution in [1.82, 2.24) is 9.29 Å². The molecule has 10 heteroatoms. The van der Waals surface area contributed by atoms with Crippen LogP contribution >= 0.6 is 0 Å². The minimum absolute atomic E-state index is 0.129. The number of sulfonamides is 1. The molecular formula is C23H28N4O5S. The molecule has 0 spiro atoms. The van der Waals surface area contributed by atoms with E-state index >= 15 is 0 Å². The molecule has 0 unspecified atom stereocenters. The standard InChI is InChI=1S/C23H28N4O5S/c28-21(17-32-23(29)20-10-7-11-24-22(20)26-12-4-5-13-26)25-18-8-6-9-19(16-18)33(30,31)27-14-2-1-3-15-27/h6-11,16H,1-5,12-15,17H2,(H,25,28). The van der Waals surface area contributed by atoms with E-state index in [9.17, 15) is 18.0 Å². The first-order chi connectivity index (χ1) is 15.9. The third-order valence-electron chi connectivity index (χ3n) is 5.82. The molecule has 33 heavy (non-hydrogen) atoms. The number of esters is 1. The molecule has 1 amide bonds. The highest BCUT2D eigenvalue weighted by atomic mass is 32.2. The predicted octanol–water partition coefficient (Wildman–Crippen LogP) is 2.65.